The second-order valence-corrected chi connectivity index (χ2v) is 3.99. The molecule has 1 rings (SSSR count). The summed E-state index contributed by atoms with van der Waals surface area (Å²) < 4.78 is 0. The summed E-state index contributed by atoms with van der Waals surface area (Å²) in [5.74, 6) is -0.203. The molecule has 1 aromatic heterocycles. The van der Waals surface area contributed by atoms with Crippen molar-refractivity contribution in [1.82, 2.24) is 9.88 Å². The molecule has 0 unspecified atom stereocenters. The van der Waals surface area contributed by atoms with Gasteiger partial charge in [-0.15, -0.1) is 0 Å². The molecule has 0 aromatic carbocycles. The summed E-state index contributed by atoms with van der Waals surface area (Å²) >= 11 is 0. The first-order chi connectivity index (χ1) is 7.57. The van der Waals surface area contributed by atoms with Gasteiger partial charge in [0.05, 0.1) is 11.8 Å². The summed E-state index contributed by atoms with van der Waals surface area (Å²) in [6.45, 7) is 6.64. The van der Waals surface area contributed by atoms with Crippen LogP contribution in [0.3, 0.4) is 0 Å². The molecule has 16 heavy (non-hydrogen) atoms. The Kier molecular flexibility index (Phi) is 4.28. The zero-order chi connectivity index (χ0) is 12.1. The zero-order valence-electron chi connectivity index (χ0n) is 9.97. The fourth-order valence-electron chi connectivity index (χ4n) is 1.56. The molecule has 1 heterocycles. The van der Waals surface area contributed by atoms with E-state index in [1.165, 1.54) is 12.4 Å². The number of nitrogens with zero attached hydrogens (tertiary/aromatic N) is 2. The molecule has 0 bridgehead atoms. The Labute approximate surface area is 95.9 Å². The smallest absolute Gasteiger partial charge is 0.257 e. The number of carbonyl (C=O) groups excluding carboxylic acids is 1. The van der Waals surface area contributed by atoms with Gasteiger partial charge in [0.1, 0.15) is 5.75 Å². The Morgan fingerprint density at radius 2 is 2.25 bits per heavy atom. The standard InChI is InChI=1S/C12H18N2O2/c1-4-7-14(9(2)3)12(16)10-5-6-13-8-11(10)15/h5-6,8-9,15H,4,7H2,1-3H3. The maximum atomic E-state index is 12.1. The minimum absolute atomic E-state index is 0.0609. The van der Waals surface area contributed by atoms with E-state index in [-0.39, 0.29) is 17.7 Å². The van der Waals surface area contributed by atoms with E-state index >= 15 is 0 Å². The van der Waals surface area contributed by atoms with Crippen LogP contribution in [-0.2, 0) is 0 Å². The third-order valence-corrected chi connectivity index (χ3v) is 2.38. The summed E-state index contributed by atoms with van der Waals surface area (Å²) in [6.07, 6.45) is 3.70. The molecule has 1 N–H and O–H groups in total. The quantitative estimate of drug-likeness (QED) is 0.848. The lowest BCUT2D eigenvalue weighted by molar-refractivity contribution is 0.0702. The van der Waals surface area contributed by atoms with Crippen LogP contribution in [-0.4, -0.2) is 33.5 Å². The predicted octanol–water partition coefficient (Wildman–Crippen LogP) is 2.05. The second kappa shape index (κ2) is 5.49. The molecule has 0 aliphatic heterocycles. The van der Waals surface area contributed by atoms with E-state index in [0.29, 0.717) is 12.1 Å². The van der Waals surface area contributed by atoms with Gasteiger partial charge in [0.2, 0.25) is 0 Å². The van der Waals surface area contributed by atoms with E-state index < -0.39 is 0 Å². The van der Waals surface area contributed by atoms with Crippen molar-refractivity contribution in [2.45, 2.75) is 33.2 Å². The minimum Gasteiger partial charge on any atom is -0.505 e. The Hall–Kier alpha value is -1.58. The Bertz CT molecular complexity index is 364. The number of aromatic hydroxyl groups is 1. The zero-order valence-corrected chi connectivity index (χ0v) is 9.97. The van der Waals surface area contributed by atoms with Gasteiger partial charge < -0.3 is 10.0 Å². The number of hydrogen-bond acceptors (Lipinski definition) is 3. The van der Waals surface area contributed by atoms with Crippen molar-refractivity contribution in [2.75, 3.05) is 6.54 Å². The molecule has 4 heteroatoms. The van der Waals surface area contributed by atoms with E-state index in [2.05, 4.69) is 4.98 Å². The number of carbonyl (C=O) groups is 1. The van der Waals surface area contributed by atoms with Crippen LogP contribution < -0.4 is 0 Å². The first-order valence-electron chi connectivity index (χ1n) is 5.51. The summed E-state index contributed by atoms with van der Waals surface area (Å²) in [5, 5.41) is 9.57. The van der Waals surface area contributed by atoms with Gasteiger partial charge in [0.15, 0.2) is 0 Å². The largest absolute Gasteiger partial charge is 0.505 e. The van der Waals surface area contributed by atoms with Crippen molar-refractivity contribution < 1.29 is 9.90 Å². The first kappa shape index (κ1) is 12.5. The average molecular weight is 222 g/mol. The Morgan fingerprint density at radius 1 is 1.56 bits per heavy atom. The van der Waals surface area contributed by atoms with Crippen LogP contribution >= 0.6 is 0 Å². The highest BCUT2D eigenvalue weighted by atomic mass is 16.3. The minimum atomic E-state index is -0.142. The third-order valence-electron chi connectivity index (χ3n) is 2.38. The van der Waals surface area contributed by atoms with Crippen molar-refractivity contribution >= 4 is 5.91 Å². The molecular weight excluding hydrogens is 204 g/mol. The van der Waals surface area contributed by atoms with Gasteiger partial charge in [0, 0.05) is 18.8 Å². The monoisotopic (exact) mass is 222 g/mol. The molecule has 0 fully saturated rings. The molecule has 0 saturated heterocycles. The van der Waals surface area contributed by atoms with Gasteiger partial charge in [0.25, 0.3) is 5.91 Å². The van der Waals surface area contributed by atoms with Crippen molar-refractivity contribution in [1.29, 1.82) is 0 Å². The molecule has 1 amide bonds. The van der Waals surface area contributed by atoms with Crippen molar-refractivity contribution in [3.05, 3.63) is 24.0 Å². The first-order valence-corrected chi connectivity index (χ1v) is 5.51. The lowest BCUT2D eigenvalue weighted by atomic mass is 10.2. The topological polar surface area (TPSA) is 53.4 Å². The summed E-state index contributed by atoms with van der Waals surface area (Å²) in [6, 6.07) is 1.67. The number of aromatic nitrogens is 1. The molecule has 88 valence electrons. The molecule has 0 aliphatic carbocycles. The van der Waals surface area contributed by atoms with Crippen LogP contribution in [0.5, 0.6) is 5.75 Å². The average Bonchev–Trinajstić information content (AvgIpc) is 2.25. The van der Waals surface area contributed by atoms with Crippen molar-refractivity contribution in [3.63, 3.8) is 0 Å². The Morgan fingerprint density at radius 3 is 2.75 bits per heavy atom. The molecular formula is C12H18N2O2. The molecule has 0 saturated carbocycles. The SMILES string of the molecule is CCCN(C(=O)c1ccncc1O)C(C)C. The van der Waals surface area contributed by atoms with E-state index in [1.54, 1.807) is 11.0 Å². The van der Waals surface area contributed by atoms with Crippen LogP contribution in [0.4, 0.5) is 0 Å². The van der Waals surface area contributed by atoms with Crippen LogP contribution in [0.1, 0.15) is 37.6 Å². The van der Waals surface area contributed by atoms with E-state index in [9.17, 15) is 9.90 Å². The number of hydrogen-bond donors (Lipinski definition) is 1. The molecule has 4 nitrogen and oxygen atoms in total. The fourth-order valence-corrected chi connectivity index (χ4v) is 1.56. The highest BCUT2D eigenvalue weighted by Gasteiger charge is 2.20. The van der Waals surface area contributed by atoms with Crippen LogP contribution in [0.25, 0.3) is 0 Å². The molecule has 0 spiro atoms. The summed E-state index contributed by atoms with van der Waals surface area (Å²) in [4.78, 5) is 17.6. The summed E-state index contributed by atoms with van der Waals surface area (Å²) in [7, 11) is 0. The number of rotatable bonds is 4. The maximum Gasteiger partial charge on any atom is 0.257 e. The van der Waals surface area contributed by atoms with Gasteiger partial charge >= 0.3 is 0 Å². The highest BCUT2D eigenvalue weighted by molar-refractivity contribution is 5.96. The number of pyridine rings is 1. The molecule has 0 aliphatic rings. The van der Waals surface area contributed by atoms with Gasteiger partial charge in [-0.2, -0.15) is 0 Å². The fraction of sp³-hybridized carbons (Fsp3) is 0.500. The molecule has 0 atom stereocenters. The van der Waals surface area contributed by atoms with Gasteiger partial charge in [-0.3, -0.25) is 9.78 Å². The van der Waals surface area contributed by atoms with Crippen LogP contribution in [0, 0.1) is 0 Å². The van der Waals surface area contributed by atoms with Crippen molar-refractivity contribution in [2.24, 2.45) is 0 Å². The highest BCUT2D eigenvalue weighted by Crippen LogP contribution is 2.17. The normalized spacial score (nSPS) is 10.5. The van der Waals surface area contributed by atoms with Crippen LogP contribution in [0.15, 0.2) is 18.5 Å². The van der Waals surface area contributed by atoms with E-state index in [0.717, 1.165) is 6.42 Å². The van der Waals surface area contributed by atoms with Crippen LogP contribution in [0.2, 0.25) is 0 Å². The van der Waals surface area contributed by atoms with E-state index in [1.807, 2.05) is 20.8 Å². The van der Waals surface area contributed by atoms with Gasteiger partial charge in [-0.1, -0.05) is 6.92 Å². The van der Waals surface area contributed by atoms with Gasteiger partial charge in [-0.25, -0.2) is 0 Å². The van der Waals surface area contributed by atoms with Gasteiger partial charge in [-0.05, 0) is 26.3 Å². The maximum absolute atomic E-state index is 12.1. The van der Waals surface area contributed by atoms with E-state index in [4.69, 9.17) is 0 Å². The number of amides is 1. The molecule has 1 aromatic rings. The summed E-state index contributed by atoms with van der Waals surface area (Å²) in [5.41, 5.74) is 0.317. The third kappa shape index (κ3) is 2.72. The molecule has 0 radical (unpaired) electrons. The second-order valence-electron chi connectivity index (χ2n) is 3.99. The lowest BCUT2D eigenvalue weighted by Crippen LogP contribution is -2.37. The predicted molar refractivity (Wildman–Crippen MR) is 62.4 cm³/mol. The van der Waals surface area contributed by atoms with Crippen molar-refractivity contribution in [3.8, 4) is 5.75 Å². The lowest BCUT2D eigenvalue weighted by Gasteiger charge is -2.26. The Balaban J connectivity index is 2.95.